The lowest BCUT2D eigenvalue weighted by atomic mass is 9.93. The molecule has 2 aliphatic rings. The third-order valence-electron chi connectivity index (χ3n) is 4.43. The van der Waals surface area contributed by atoms with Crippen LogP contribution in [0.25, 0.3) is 0 Å². The first-order chi connectivity index (χ1) is 8.66. The van der Waals surface area contributed by atoms with E-state index in [4.69, 9.17) is 11.6 Å². The highest BCUT2D eigenvalue weighted by atomic mass is 35.5. The van der Waals surface area contributed by atoms with Crippen LogP contribution in [0.15, 0.2) is 12.1 Å². The van der Waals surface area contributed by atoms with E-state index >= 15 is 0 Å². The lowest BCUT2D eigenvalue weighted by Crippen LogP contribution is -2.08. The van der Waals surface area contributed by atoms with Gasteiger partial charge < -0.3 is 5.11 Å². The van der Waals surface area contributed by atoms with Crippen LogP contribution in [0, 0.1) is 0 Å². The van der Waals surface area contributed by atoms with Crippen LogP contribution in [-0.4, -0.2) is 11.1 Å². The Balaban J connectivity index is 1.99. The number of carboxylic acids is 1. The van der Waals surface area contributed by atoms with Crippen molar-refractivity contribution in [3.63, 3.8) is 0 Å². The normalized spacial score (nSPS) is 23.3. The second-order valence-electron chi connectivity index (χ2n) is 5.48. The number of aryl methyl sites for hydroxylation is 1. The van der Waals surface area contributed by atoms with E-state index in [0.29, 0.717) is 5.92 Å². The van der Waals surface area contributed by atoms with E-state index in [1.807, 2.05) is 6.07 Å². The van der Waals surface area contributed by atoms with E-state index in [1.54, 1.807) is 0 Å². The van der Waals surface area contributed by atoms with Gasteiger partial charge in [-0.2, -0.15) is 0 Å². The Hall–Kier alpha value is -1.02. The number of rotatable bonds is 2. The highest BCUT2D eigenvalue weighted by molar-refractivity contribution is 6.31. The molecule has 96 valence electrons. The SMILES string of the molecule is O=C(O)C1CCc2cc(C3CCCC3)c(Cl)cc21. The van der Waals surface area contributed by atoms with Gasteiger partial charge in [0.15, 0.2) is 0 Å². The number of hydrogen-bond acceptors (Lipinski definition) is 1. The molecule has 0 saturated heterocycles. The van der Waals surface area contributed by atoms with Crippen LogP contribution in [0.4, 0.5) is 0 Å². The summed E-state index contributed by atoms with van der Waals surface area (Å²) in [5.74, 6) is -0.486. The van der Waals surface area contributed by atoms with Crippen LogP contribution in [0.3, 0.4) is 0 Å². The van der Waals surface area contributed by atoms with E-state index in [2.05, 4.69) is 6.07 Å². The maximum atomic E-state index is 11.2. The zero-order valence-corrected chi connectivity index (χ0v) is 11.0. The Morgan fingerprint density at radius 2 is 1.89 bits per heavy atom. The molecule has 1 unspecified atom stereocenters. The Kier molecular flexibility index (Phi) is 3.06. The van der Waals surface area contributed by atoms with Crippen LogP contribution in [0.1, 0.15) is 60.6 Å². The standard InChI is InChI=1S/C15H17ClO2/c16-14-8-12-10(5-6-11(12)15(17)18)7-13(14)9-3-1-2-4-9/h7-9,11H,1-6H2,(H,17,18). The number of halogens is 1. The molecule has 0 heterocycles. The topological polar surface area (TPSA) is 37.3 Å². The van der Waals surface area contributed by atoms with Gasteiger partial charge in [-0.3, -0.25) is 4.79 Å². The van der Waals surface area contributed by atoms with Crippen molar-refractivity contribution in [2.24, 2.45) is 0 Å². The first-order valence-corrected chi connectivity index (χ1v) is 7.09. The van der Waals surface area contributed by atoms with Crippen molar-refractivity contribution in [3.05, 3.63) is 33.8 Å². The van der Waals surface area contributed by atoms with E-state index in [-0.39, 0.29) is 5.92 Å². The number of fused-ring (bicyclic) bond motifs is 1. The summed E-state index contributed by atoms with van der Waals surface area (Å²) in [6, 6.07) is 4.09. The van der Waals surface area contributed by atoms with Crippen molar-refractivity contribution in [3.8, 4) is 0 Å². The van der Waals surface area contributed by atoms with Gasteiger partial charge in [-0.25, -0.2) is 0 Å². The smallest absolute Gasteiger partial charge is 0.310 e. The van der Waals surface area contributed by atoms with Crippen molar-refractivity contribution in [1.29, 1.82) is 0 Å². The van der Waals surface area contributed by atoms with Crippen molar-refractivity contribution >= 4 is 17.6 Å². The molecular weight excluding hydrogens is 248 g/mol. The highest BCUT2D eigenvalue weighted by Gasteiger charge is 2.30. The minimum atomic E-state index is -0.724. The summed E-state index contributed by atoms with van der Waals surface area (Å²) in [5, 5.41) is 9.96. The van der Waals surface area contributed by atoms with Crippen LogP contribution in [-0.2, 0) is 11.2 Å². The number of carbonyl (C=O) groups is 1. The molecule has 2 aliphatic carbocycles. The average Bonchev–Trinajstić information content (AvgIpc) is 2.95. The van der Waals surface area contributed by atoms with Crippen LogP contribution < -0.4 is 0 Å². The predicted octanol–water partition coefficient (Wildman–Crippen LogP) is 4.11. The molecule has 3 heteroatoms. The van der Waals surface area contributed by atoms with E-state index in [0.717, 1.165) is 23.4 Å². The maximum Gasteiger partial charge on any atom is 0.310 e. The lowest BCUT2D eigenvalue weighted by molar-refractivity contribution is -0.138. The van der Waals surface area contributed by atoms with Gasteiger partial charge in [0.05, 0.1) is 5.92 Å². The first kappa shape index (κ1) is 12.0. The fourth-order valence-electron chi connectivity index (χ4n) is 3.45. The fraction of sp³-hybridized carbons (Fsp3) is 0.533. The van der Waals surface area contributed by atoms with Gasteiger partial charge in [-0.05, 0) is 54.4 Å². The molecule has 1 saturated carbocycles. The Bertz CT molecular complexity index is 490. The zero-order chi connectivity index (χ0) is 12.7. The van der Waals surface area contributed by atoms with E-state index in [1.165, 1.54) is 36.8 Å². The fourth-order valence-corrected chi connectivity index (χ4v) is 3.78. The summed E-state index contributed by atoms with van der Waals surface area (Å²) < 4.78 is 0. The zero-order valence-electron chi connectivity index (χ0n) is 10.3. The second kappa shape index (κ2) is 4.58. The van der Waals surface area contributed by atoms with Gasteiger partial charge in [0.2, 0.25) is 0 Å². The molecule has 0 aromatic heterocycles. The number of hydrogen-bond donors (Lipinski definition) is 1. The summed E-state index contributed by atoms with van der Waals surface area (Å²) in [5.41, 5.74) is 3.39. The molecule has 1 N–H and O–H groups in total. The Morgan fingerprint density at radius 3 is 2.56 bits per heavy atom. The van der Waals surface area contributed by atoms with Gasteiger partial charge in [0.1, 0.15) is 0 Å². The Morgan fingerprint density at radius 1 is 1.17 bits per heavy atom. The monoisotopic (exact) mass is 264 g/mol. The third-order valence-corrected chi connectivity index (χ3v) is 4.76. The molecular formula is C15H17ClO2. The minimum Gasteiger partial charge on any atom is -0.481 e. The molecule has 0 radical (unpaired) electrons. The molecule has 0 amide bonds. The second-order valence-corrected chi connectivity index (χ2v) is 5.89. The number of carboxylic acid groups (broad SMARTS) is 1. The molecule has 1 aromatic carbocycles. The predicted molar refractivity (Wildman–Crippen MR) is 71.4 cm³/mol. The number of benzene rings is 1. The quantitative estimate of drug-likeness (QED) is 0.873. The lowest BCUT2D eigenvalue weighted by Gasteiger charge is -2.15. The van der Waals surface area contributed by atoms with Crippen LogP contribution >= 0.6 is 11.6 Å². The van der Waals surface area contributed by atoms with Gasteiger partial charge in [0.25, 0.3) is 0 Å². The molecule has 0 bridgehead atoms. The minimum absolute atomic E-state index is 0.352. The summed E-state index contributed by atoms with van der Waals surface area (Å²) >= 11 is 6.37. The molecule has 1 fully saturated rings. The van der Waals surface area contributed by atoms with Crippen molar-refractivity contribution in [2.75, 3.05) is 0 Å². The molecule has 1 atom stereocenters. The maximum absolute atomic E-state index is 11.2. The summed E-state index contributed by atoms with van der Waals surface area (Å²) in [6.45, 7) is 0. The summed E-state index contributed by atoms with van der Waals surface area (Å²) in [7, 11) is 0. The number of aliphatic carboxylic acids is 1. The summed E-state index contributed by atoms with van der Waals surface area (Å²) in [4.78, 5) is 11.2. The van der Waals surface area contributed by atoms with Gasteiger partial charge in [-0.15, -0.1) is 0 Å². The molecule has 1 aromatic rings. The van der Waals surface area contributed by atoms with Gasteiger partial charge >= 0.3 is 5.97 Å². The Labute approximate surface area is 112 Å². The average molecular weight is 265 g/mol. The first-order valence-electron chi connectivity index (χ1n) is 6.72. The molecule has 3 rings (SSSR count). The van der Waals surface area contributed by atoms with Crippen molar-refractivity contribution in [2.45, 2.75) is 50.4 Å². The highest BCUT2D eigenvalue weighted by Crippen LogP contribution is 2.42. The molecule has 18 heavy (non-hydrogen) atoms. The third kappa shape index (κ3) is 1.93. The largest absolute Gasteiger partial charge is 0.481 e. The van der Waals surface area contributed by atoms with E-state index < -0.39 is 5.97 Å². The summed E-state index contributed by atoms with van der Waals surface area (Å²) in [6.07, 6.45) is 6.62. The van der Waals surface area contributed by atoms with Gasteiger partial charge in [0, 0.05) is 5.02 Å². The van der Waals surface area contributed by atoms with Crippen LogP contribution in [0.5, 0.6) is 0 Å². The van der Waals surface area contributed by atoms with Crippen molar-refractivity contribution < 1.29 is 9.90 Å². The molecule has 2 nitrogen and oxygen atoms in total. The van der Waals surface area contributed by atoms with E-state index in [9.17, 15) is 9.90 Å². The van der Waals surface area contributed by atoms with Crippen LogP contribution in [0.2, 0.25) is 5.02 Å². The molecule has 0 aliphatic heterocycles. The molecule has 0 spiro atoms. The van der Waals surface area contributed by atoms with Crippen molar-refractivity contribution in [1.82, 2.24) is 0 Å². The van der Waals surface area contributed by atoms with Gasteiger partial charge in [-0.1, -0.05) is 30.5 Å².